The number of hydrogen-bond donors (Lipinski definition) is 2. The van der Waals surface area contributed by atoms with Crippen molar-refractivity contribution >= 4 is 11.8 Å². The second kappa shape index (κ2) is 7.07. The highest BCUT2D eigenvalue weighted by molar-refractivity contribution is 5.91. The number of pyridine rings is 1. The average molecular weight is 305 g/mol. The Morgan fingerprint density at radius 1 is 1.41 bits per heavy atom. The molecule has 2 rings (SSSR count). The van der Waals surface area contributed by atoms with Crippen molar-refractivity contribution in [3.8, 4) is 0 Å². The summed E-state index contributed by atoms with van der Waals surface area (Å²) in [7, 11) is 0. The topological polar surface area (TPSA) is 75.8 Å². The Morgan fingerprint density at radius 3 is 2.68 bits per heavy atom. The molecule has 0 bridgehead atoms. The number of ether oxygens (including phenoxy) is 1. The average Bonchev–Trinajstić information content (AvgIpc) is 2.45. The third kappa shape index (κ3) is 4.68. The van der Waals surface area contributed by atoms with E-state index in [1.165, 1.54) is 0 Å². The highest BCUT2D eigenvalue weighted by atomic mass is 16.5. The Morgan fingerprint density at radius 2 is 2.09 bits per heavy atom. The first-order valence-corrected chi connectivity index (χ1v) is 7.75. The first-order valence-electron chi connectivity index (χ1n) is 7.75. The molecule has 1 aromatic heterocycles. The lowest BCUT2D eigenvalue weighted by atomic mass is 10.0. The zero-order valence-corrected chi connectivity index (χ0v) is 13.9. The van der Waals surface area contributed by atoms with Gasteiger partial charge in [-0.1, -0.05) is 6.07 Å². The van der Waals surface area contributed by atoms with E-state index in [0.717, 1.165) is 13.1 Å². The molecule has 6 nitrogen and oxygen atoms in total. The van der Waals surface area contributed by atoms with Gasteiger partial charge in [0.2, 0.25) is 0 Å². The first-order chi connectivity index (χ1) is 10.4. The molecule has 0 aromatic carbocycles. The Labute approximate surface area is 132 Å². The highest BCUT2D eigenvalue weighted by Crippen LogP contribution is 2.21. The van der Waals surface area contributed by atoms with E-state index in [0.29, 0.717) is 18.3 Å². The second-order valence-electron chi connectivity index (χ2n) is 6.52. The molecule has 3 N–H and O–H groups in total. The van der Waals surface area contributed by atoms with E-state index in [1.807, 2.05) is 18.2 Å². The van der Waals surface area contributed by atoms with Crippen LogP contribution in [0.3, 0.4) is 0 Å². The molecule has 2 heterocycles. The smallest absolute Gasteiger partial charge is 0.194 e. The standard InChI is InChI=1S/C16H27N5O/c1-12-9-21(10-13(2)22-12)16(3,4)11-19-15(17)20-14-7-5-6-8-18-14/h5-8,12-13H,9-11H2,1-4H3,(H3,17,18,19,20). The van der Waals surface area contributed by atoms with Crippen molar-refractivity contribution in [3.63, 3.8) is 0 Å². The van der Waals surface area contributed by atoms with Crippen LogP contribution in [0.1, 0.15) is 27.7 Å². The lowest BCUT2D eigenvalue weighted by molar-refractivity contribution is -0.0939. The van der Waals surface area contributed by atoms with Gasteiger partial charge in [-0.3, -0.25) is 9.89 Å². The predicted molar refractivity (Wildman–Crippen MR) is 90.0 cm³/mol. The highest BCUT2D eigenvalue weighted by Gasteiger charge is 2.33. The van der Waals surface area contributed by atoms with E-state index >= 15 is 0 Å². The van der Waals surface area contributed by atoms with Crippen LogP contribution in [-0.2, 0) is 4.74 Å². The van der Waals surface area contributed by atoms with Crippen LogP contribution < -0.4 is 11.1 Å². The quantitative estimate of drug-likeness (QED) is 0.654. The van der Waals surface area contributed by atoms with Gasteiger partial charge >= 0.3 is 0 Å². The van der Waals surface area contributed by atoms with Gasteiger partial charge in [0, 0.05) is 24.8 Å². The number of aliphatic imine (C=N–C) groups is 1. The van der Waals surface area contributed by atoms with E-state index in [9.17, 15) is 0 Å². The predicted octanol–water partition coefficient (Wildman–Crippen LogP) is 1.70. The van der Waals surface area contributed by atoms with Crippen LogP contribution in [0.15, 0.2) is 29.4 Å². The number of morpholine rings is 1. The third-order valence-electron chi connectivity index (χ3n) is 3.83. The van der Waals surface area contributed by atoms with Crippen molar-refractivity contribution in [2.45, 2.75) is 45.4 Å². The Balaban J connectivity index is 1.94. The monoisotopic (exact) mass is 305 g/mol. The van der Waals surface area contributed by atoms with Crippen LogP contribution in [0.4, 0.5) is 5.82 Å². The molecule has 0 amide bonds. The lowest BCUT2D eigenvalue weighted by Gasteiger charge is -2.44. The molecule has 1 saturated heterocycles. The third-order valence-corrected chi connectivity index (χ3v) is 3.83. The van der Waals surface area contributed by atoms with Crippen molar-refractivity contribution in [1.29, 1.82) is 0 Å². The van der Waals surface area contributed by atoms with Crippen LogP contribution in [0.2, 0.25) is 0 Å². The molecular weight excluding hydrogens is 278 g/mol. The van der Waals surface area contributed by atoms with Gasteiger partial charge in [-0.05, 0) is 39.8 Å². The fourth-order valence-electron chi connectivity index (χ4n) is 2.66. The maximum absolute atomic E-state index is 5.95. The summed E-state index contributed by atoms with van der Waals surface area (Å²) in [5, 5.41) is 3.01. The zero-order chi connectivity index (χ0) is 16.2. The van der Waals surface area contributed by atoms with Crippen LogP contribution >= 0.6 is 0 Å². The van der Waals surface area contributed by atoms with E-state index in [-0.39, 0.29) is 17.7 Å². The van der Waals surface area contributed by atoms with Gasteiger partial charge in [-0.25, -0.2) is 4.98 Å². The lowest BCUT2D eigenvalue weighted by Crippen LogP contribution is -2.56. The first kappa shape index (κ1) is 16.7. The number of aromatic nitrogens is 1. The molecule has 0 saturated carbocycles. The number of nitrogens with two attached hydrogens (primary N) is 1. The summed E-state index contributed by atoms with van der Waals surface area (Å²) in [6, 6.07) is 5.63. The molecule has 0 aliphatic carbocycles. The summed E-state index contributed by atoms with van der Waals surface area (Å²) in [5.41, 5.74) is 5.89. The Kier molecular flexibility index (Phi) is 5.37. The summed E-state index contributed by atoms with van der Waals surface area (Å²) < 4.78 is 5.79. The molecule has 22 heavy (non-hydrogen) atoms. The molecule has 6 heteroatoms. The second-order valence-corrected chi connectivity index (χ2v) is 6.52. The minimum absolute atomic E-state index is 0.0667. The molecule has 1 aliphatic rings. The summed E-state index contributed by atoms with van der Waals surface area (Å²) in [6.45, 7) is 11.1. The number of nitrogens with one attached hydrogen (secondary N) is 1. The summed E-state index contributed by atoms with van der Waals surface area (Å²) in [5.74, 6) is 1.09. The van der Waals surface area contributed by atoms with Crippen molar-refractivity contribution in [2.75, 3.05) is 25.0 Å². The Hall–Kier alpha value is -1.66. The maximum Gasteiger partial charge on any atom is 0.194 e. The summed E-state index contributed by atoms with van der Waals surface area (Å²) >= 11 is 0. The zero-order valence-electron chi connectivity index (χ0n) is 13.9. The number of nitrogens with zero attached hydrogens (tertiary/aromatic N) is 3. The van der Waals surface area contributed by atoms with Gasteiger partial charge < -0.3 is 15.8 Å². The van der Waals surface area contributed by atoms with E-state index in [4.69, 9.17) is 10.5 Å². The number of rotatable bonds is 4. The van der Waals surface area contributed by atoms with Gasteiger partial charge in [0.05, 0.1) is 18.8 Å². The molecular formula is C16H27N5O. The van der Waals surface area contributed by atoms with Gasteiger partial charge in [-0.15, -0.1) is 0 Å². The van der Waals surface area contributed by atoms with Gasteiger partial charge in [0.1, 0.15) is 5.82 Å². The fourth-order valence-corrected chi connectivity index (χ4v) is 2.66. The number of hydrogen-bond acceptors (Lipinski definition) is 4. The normalized spacial score (nSPS) is 24.3. The molecule has 1 aliphatic heterocycles. The molecule has 1 aromatic rings. The van der Waals surface area contributed by atoms with E-state index < -0.39 is 0 Å². The van der Waals surface area contributed by atoms with Crippen molar-refractivity contribution in [3.05, 3.63) is 24.4 Å². The maximum atomic E-state index is 5.95. The minimum Gasteiger partial charge on any atom is -0.373 e. The number of anilines is 1. The molecule has 2 unspecified atom stereocenters. The van der Waals surface area contributed by atoms with Gasteiger partial charge in [0.25, 0.3) is 0 Å². The molecule has 0 radical (unpaired) electrons. The van der Waals surface area contributed by atoms with Crippen LogP contribution in [0.25, 0.3) is 0 Å². The van der Waals surface area contributed by atoms with Gasteiger partial charge in [-0.2, -0.15) is 0 Å². The molecule has 122 valence electrons. The minimum atomic E-state index is -0.0667. The largest absolute Gasteiger partial charge is 0.373 e. The molecule has 2 atom stereocenters. The molecule has 1 fully saturated rings. The molecule has 0 spiro atoms. The summed E-state index contributed by atoms with van der Waals surface area (Å²) in [4.78, 5) is 11.1. The summed E-state index contributed by atoms with van der Waals surface area (Å²) in [6.07, 6.45) is 2.21. The number of guanidine groups is 1. The van der Waals surface area contributed by atoms with Crippen molar-refractivity contribution in [1.82, 2.24) is 9.88 Å². The van der Waals surface area contributed by atoms with Gasteiger partial charge in [0.15, 0.2) is 5.96 Å². The fraction of sp³-hybridized carbons (Fsp3) is 0.625. The van der Waals surface area contributed by atoms with Crippen LogP contribution in [-0.4, -0.2) is 53.2 Å². The van der Waals surface area contributed by atoms with E-state index in [1.54, 1.807) is 6.20 Å². The SMILES string of the molecule is CC1CN(C(C)(C)CN=C(N)Nc2ccccn2)CC(C)O1. The Bertz CT molecular complexity index is 493. The van der Waals surface area contributed by atoms with Crippen LogP contribution in [0.5, 0.6) is 0 Å². The van der Waals surface area contributed by atoms with E-state index in [2.05, 4.69) is 47.9 Å². The van der Waals surface area contributed by atoms with Crippen LogP contribution in [0, 0.1) is 0 Å². The van der Waals surface area contributed by atoms with Crippen molar-refractivity contribution < 1.29 is 4.74 Å². The van der Waals surface area contributed by atoms with Crippen molar-refractivity contribution in [2.24, 2.45) is 10.7 Å².